The zero-order valence-electron chi connectivity index (χ0n) is 16.1. The van der Waals surface area contributed by atoms with Crippen LogP contribution in [0.5, 0.6) is 0 Å². The maximum atomic E-state index is 12.9. The molecule has 3 aliphatic heterocycles. The summed E-state index contributed by atoms with van der Waals surface area (Å²) >= 11 is 1.56. The van der Waals surface area contributed by atoms with Crippen LogP contribution in [-0.4, -0.2) is 45.7 Å². The van der Waals surface area contributed by atoms with Crippen LogP contribution in [-0.2, 0) is 22.6 Å². The fourth-order valence-electron chi connectivity index (χ4n) is 4.35. The Labute approximate surface area is 170 Å². The van der Waals surface area contributed by atoms with Gasteiger partial charge in [0.2, 0.25) is 11.8 Å². The molecule has 5 nitrogen and oxygen atoms in total. The molecular weight excluding hydrogens is 370 g/mol. The van der Waals surface area contributed by atoms with Gasteiger partial charge in [-0.15, -0.1) is 11.3 Å². The first kappa shape index (κ1) is 19.1. The van der Waals surface area contributed by atoms with Crippen LogP contribution in [0.2, 0.25) is 0 Å². The molecule has 4 heterocycles. The quantitative estimate of drug-likeness (QED) is 0.672. The van der Waals surface area contributed by atoms with E-state index in [1.54, 1.807) is 16.8 Å². The van der Waals surface area contributed by atoms with Crippen molar-refractivity contribution in [1.82, 2.24) is 14.8 Å². The van der Waals surface area contributed by atoms with E-state index in [2.05, 4.69) is 29.2 Å². The molecule has 0 aliphatic carbocycles. The van der Waals surface area contributed by atoms with Gasteiger partial charge >= 0.3 is 0 Å². The molecule has 0 saturated carbocycles. The van der Waals surface area contributed by atoms with E-state index in [0.29, 0.717) is 26.1 Å². The van der Waals surface area contributed by atoms with Crippen molar-refractivity contribution < 1.29 is 9.59 Å². The number of hydrogen-bond donors (Lipinski definition) is 0. The third-order valence-electron chi connectivity index (χ3n) is 5.91. The lowest BCUT2D eigenvalue weighted by atomic mass is 9.94. The average Bonchev–Trinajstić information content (AvgIpc) is 3.08. The molecule has 3 saturated heterocycles. The number of aryl methyl sites for hydroxylation is 1. The van der Waals surface area contributed by atoms with E-state index in [1.807, 2.05) is 21.2 Å². The van der Waals surface area contributed by atoms with Gasteiger partial charge < -0.3 is 9.80 Å². The molecule has 6 heteroatoms. The highest BCUT2D eigenvalue weighted by Crippen LogP contribution is 2.30. The van der Waals surface area contributed by atoms with Crippen LogP contribution in [0.4, 0.5) is 0 Å². The summed E-state index contributed by atoms with van der Waals surface area (Å²) in [6.07, 6.45) is 5.39. The zero-order valence-corrected chi connectivity index (χ0v) is 16.9. The van der Waals surface area contributed by atoms with Gasteiger partial charge in [0.1, 0.15) is 0 Å². The Bertz CT molecular complexity index is 793. The standard InChI is InChI=1S/C22H27N3O2S/c26-21(9-5-4-8-17-6-2-1-3-7-17)24-12-18-10-11-20(14-24)25(22(18)27)13-19-15-28-16-23-19/h1-3,6-7,15-16,18,20H,4-5,8-14H2. The minimum Gasteiger partial charge on any atom is -0.340 e. The summed E-state index contributed by atoms with van der Waals surface area (Å²) in [5.41, 5.74) is 4.08. The number of carbonyl (C=O) groups excluding carboxylic acids is 2. The van der Waals surface area contributed by atoms with Crippen LogP contribution in [0, 0.1) is 5.92 Å². The topological polar surface area (TPSA) is 53.5 Å². The van der Waals surface area contributed by atoms with Crippen LogP contribution >= 0.6 is 11.3 Å². The molecule has 3 fully saturated rings. The summed E-state index contributed by atoms with van der Waals surface area (Å²) in [4.78, 5) is 33.9. The zero-order chi connectivity index (χ0) is 19.3. The van der Waals surface area contributed by atoms with Crippen molar-refractivity contribution in [3.8, 4) is 0 Å². The summed E-state index contributed by atoms with van der Waals surface area (Å²) in [5, 5.41) is 2.00. The van der Waals surface area contributed by atoms with E-state index in [0.717, 1.165) is 37.8 Å². The molecule has 2 bridgehead atoms. The lowest BCUT2D eigenvalue weighted by Gasteiger charge is -2.35. The monoisotopic (exact) mass is 397 g/mol. The Kier molecular flexibility index (Phi) is 6.05. The normalized spacial score (nSPS) is 21.8. The summed E-state index contributed by atoms with van der Waals surface area (Å²) in [7, 11) is 0. The van der Waals surface area contributed by atoms with Crippen LogP contribution in [0.25, 0.3) is 0 Å². The first-order chi connectivity index (χ1) is 13.7. The van der Waals surface area contributed by atoms with E-state index in [9.17, 15) is 9.59 Å². The van der Waals surface area contributed by atoms with Crippen molar-refractivity contribution in [3.05, 3.63) is 52.5 Å². The number of unbranched alkanes of at least 4 members (excludes halogenated alkanes) is 1. The Morgan fingerprint density at radius 2 is 2.00 bits per heavy atom. The molecule has 1 aromatic heterocycles. The molecule has 28 heavy (non-hydrogen) atoms. The molecule has 0 N–H and O–H groups in total. The molecule has 5 rings (SSSR count). The maximum Gasteiger partial charge on any atom is 0.228 e. The van der Waals surface area contributed by atoms with Gasteiger partial charge in [0.05, 0.1) is 23.7 Å². The third kappa shape index (κ3) is 4.43. The highest BCUT2D eigenvalue weighted by molar-refractivity contribution is 7.07. The van der Waals surface area contributed by atoms with E-state index < -0.39 is 0 Å². The third-order valence-corrected chi connectivity index (χ3v) is 6.55. The number of carbonyl (C=O) groups is 2. The summed E-state index contributed by atoms with van der Waals surface area (Å²) < 4.78 is 0. The van der Waals surface area contributed by atoms with Gasteiger partial charge in [0, 0.05) is 30.9 Å². The lowest BCUT2D eigenvalue weighted by Crippen LogP contribution is -2.47. The average molecular weight is 398 g/mol. The number of thiazole rings is 1. The van der Waals surface area contributed by atoms with Gasteiger partial charge in [-0.3, -0.25) is 9.59 Å². The second-order valence-corrected chi connectivity index (χ2v) is 8.58. The summed E-state index contributed by atoms with van der Waals surface area (Å²) in [6, 6.07) is 10.5. The number of rotatable bonds is 7. The Balaban J connectivity index is 1.30. The Hall–Kier alpha value is -2.21. The molecule has 2 atom stereocenters. The van der Waals surface area contributed by atoms with E-state index >= 15 is 0 Å². The van der Waals surface area contributed by atoms with E-state index in [1.165, 1.54) is 5.56 Å². The van der Waals surface area contributed by atoms with Gasteiger partial charge in [-0.2, -0.15) is 0 Å². The van der Waals surface area contributed by atoms with Crippen LogP contribution in [0.3, 0.4) is 0 Å². The molecule has 1 aromatic carbocycles. The first-order valence-corrected chi connectivity index (χ1v) is 11.1. The fraction of sp³-hybridized carbons (Fsp3) is 0.500. The van der Waals surface area contributed by atoms with Crippen molar-refractivity contribution in [3.63, 3.8) is 0 Å². The van der Waals surface area contributed by atoms with Crippen molar-refractivity contribution in [2.45, 2.75) is 51.1 Å². The molecule has 0 radical (unpaired) electrons. The molecule has 3 aliphatic rings. The summed E-state index contributed by atoms with van der Waals surface area (Å²) in [6.45, 7) is 1.83. The van der Waals surface area contributed by atoms with Crippen molar-refractivity contribution in [2.24, 2.45) is 5.92 Å². The Morgan fingerprint density at radius 3 is 2.79 bits per heavy atom. The molecule has 2 unspecified atom stereocenters. The highest BCUT2D eigenvalue weighted by atomic mass is 32.1. The van der Waals surface area contributed by atoms with Gasteiger partial charge in [0.25, 0.3) is 0 Å². The number of fused-ring (bicyclic) bond motifs is 4. The van der Waals surface area contributed by atoms with Gasteiger partial charge in [-0.25, -0.2) is 4.98 Å². The van der Waals surface area contributed by atoms with E-state index in [4.69, 9.17) is 0 Å². The molecule has 0 spiro atoms. The highest BCUT2D eigenvalue weighted by Gasteiger charge is 2.41. The fourth-order valence-corrected chi connectivity index (χ4v) is 4.90. The van der Waals surface area contributed by atoms with Crippen molar-refractivity contribution in [2.75, 3.05) is 13.1 Å². The van der Waals surface area contributed by atoms with Crippen LogP contribution < -0.4 is 0 Å². The number of piperidine rings is 1. The molecular formula is C22H27N3O2S. The molecule has 2 aromatic rings. The SMILES string of the molecule is O=C(CCCCc1ccccc1)N1CC2CCC(C1)N(Cc1cscn1)C2=O. The van der Waals surface area contributed by atoms with Crippen LogP contribution in [0.15, 0.2) is 41.2 Å². The van der Waals surface area contributed by atoms with E-state index in [-0.39, 0.29) is 23.8 Å². The number of benzene rings is 1. The number of hydrogen-bond acceptors (Lipinski definition) is 4. The Morgan fingerprint density at radius 1 is 1.14 bits per heavy atom. The van der Waals surface area contributed by atoms with Gasteiger partial charge in [0.15, 0.2) is 0 Å². The predicted molar refractivity (Wildman–Crippen MR) is 110 cm³/mol. The minimum atomic E-state index is -0.0503. The second-order valence-electron chi connectivity index (χ2n) is 7.87. The number of amides is 2. The van der Waals surface area contributed by atoms with Crippen molar-refractivity contribution in [1.29, 1.82) is 0 Å². The largest absolute Gasteiger partial charge is 0.340 e. The van der Waals surface area contributed by atoms with Crippen LogP contribution in [0.1, 0.15) is 43.4 Å². The number of aromatic nitrogens is 1. The molecule has 148 valence electrons. The first-order valence-electron chi connectivity index (χ1n) is 10.2. The second kappa shape index (κ2) is 8.86. The van der Waals surface area contributed by atoms with Crippen molar-refractivity contribution >= 4 is 23.2 Å². The minimum absolute atomic E-state index is 0.0503. The molecule has 2 amide bonds. The van der Waals surface area contributed by atoms with Gasteiger partial charge in [-0.05, 0) is 37.7 Å². The smallest absolute Gasteiger partial charge is 0.228 e. The predicted octanol–water partition coefficient (Wildman–Crippen LogP) is 3.51. The maximum absolute atomic E-state index is 12.9. The summed E-state index contributed by atoms with van der Waals surface area (Å²) in [5.74, 6) is 0.350. The lowest BCUT2D eigenvalue weighted by molar-refractivity contribution is -0.140. The number of nitrogens with zero attached hydrogens (tertiary/aromatic N) is 3. The van der Waals surface area contributed by atoms with Gasteiger partial charge in [-0.1, -0.05) is 30.3 Å².